The molecular weight excluding hydrogens is 244 g/mol. The summed E-state index contributed by atoms with van der Waals surface area (Å²) >= 11 is 2.85. The summed E-state index contributed by atoms with van der Waals surface area (Å²) in [5.41, 5.74) is 5.14. The van der Waals surface area contributed by atoms with Crippen molar-refractivity contribution in [2.75, 3.05) is 13.2 Å². The number of benzene rings is 1. The Morgan fingerprint density at radius 3 is 2.62 bits per heavy atom. The average molecular weight is 252 g/mol. The minimum absolute atomic E-state index is 0.0742. The zero-order chi connectivity index (χ0) is 9.84. The van der Waals surface area contributed by atoms with Crippen LogP contribution in [0.2, 0.25) is 0 Å². The number of hydrogen-bond donors (Lipinski definition) is 1. The average Bonchev–Trinajstić information content (AvgIpc) is 2.09. The van der Waals surface area contributed by atoms with Gasteiger partial charge in [-0.3, -0.25) is 0 Å². The molecule has 0 spiro atoms. The Morgan fingerprint density at radius 2 is 2.00 bits per heavy atom. The van der Waals surface area contributed by atoms with Gasteiger partial charge in [0, 0.05) is 12.6 Å². The van der Waals surface area contributed by atoms with Crippen molar-refractivity contribution in [1.29, 1.82) is 0 Å². The van der Waals surface area contributed by atoms with Crippen LogP contribution >= 0.6 is 15.9 Å². The Kier molecular flexibility index (Phi) is 3.62. The molecule has 0 atom stereocenters. The second kappa shape index (κ2) is 4.53. The molecule has 72 valence electrons. The van der Waals surface area contributed by atoms with Crippen LogP contribution in [0.25, 0.3) is 0 Å². The zero-order valence-electron chi connectivity index (χ0n) is 6.69. The summed E-state index contributed by atoms with van der Waals surface area (Å²) in [6.07, 6.45) is 0. The minimum atomic E-state index is -0.610. The monoisotopic (exact) mass is 251 g/mol. The van der Waals surface area contributed by atoms with Crippen LogP contribution in [0.1, 0.15) is 0 Å². The van der Waals surface area contributed by atoms with Crippen LogP contribution in [-0.2, 0) is 0 Å². The van der Waals surface area contributed by atoms with Crippen molar-refractivity contribution in [2.45, 2.75) is 0 Å². The lowest BCUT2D eigenvalue weighted by Gasteiger charge is -2.06. The van der Waals surface area contributed by atoms with Crippen LogP contribution in [0, 0.1) is 11.6 Å². The van der Waals surface area contributed by atoms with E-state index in [1.807, 2.05) is 0 Å². The lowest BCUT2D eigenvalue weighted by molar-refractivity contribution is 0.309. The molecular formula is C8H8BrF2NO. The second-order valence-electron chi connectivity index (χ2n) is 2.33. The third kappa shape index (κ3) is 2.63. The molecule has 0 radical (unpaired) electrons. The molecule has 0 aromatic heterocycles. The van der Waals surface area contributed by atoms with E-state index in [1.54, 1.807) is 0 Å². The van der Waals surface area contributed by atoms with Gasteiger partial charge in [-0.2, -0.15) is 0 Å². The Labute approximate surface area is 82.8 Å². The summed E-state index contributed by atoms with van der Waals surface area (Å²) in [5.74, 6) is -1.29. The number of ether oxygens (including phenoxy) is 1. The van der Waals surface area contributed by atoms with E-state index in [4.69, 9.17) is 10.5 Å². The standard InChI is InChI=1S/C8H8BrF2NO/c9-5-3-7(11)8(4-6(5)10)13-2-1-12/h3-4H,1-2,12H2. The van der Waals surface area contributed by atoms with Gasteiger partial charge in [0.25, 0.3) is 0 Å². The minimum Gasteiger partial charge on any atom is -0.489 e. The number of hydrogen-bond acceptors (Lipinski definition) is 2. The van der Waals surface area contributed by atoms with Crippen LogP contribution in [-0.4, -0.2) is 13.2 Å². The van der Waals surface area contributed by atoms with E-state index in [9.17, 15) is 8.78 Å². The normalized spacial score (nSPS) is 10.2. The highest BCUT2D eigenvalue weighted by molar-refractivity contribution is 9.10. The fourth-order valence-electron chi connectivity index (χ4n) is 0.784. The highest BCUT2D eigenvalue weighted by atomic mass is 79.9. The van der Waals surface area contributed by atoms with Gasteiger partial charge in [-0.15, -0.1) is 0 Å². The van der Waals surface area contributed by atoms with E-state index >= 15 is 0 Å². The number of nitrogens with two attached hydrogens (primary N) is 1. The van der Waals surface area contributed by atoms with E-state index in [2.05, 4.69) is 15.9 Å². The van der Waals surface area contributed by atoms with Crippen LogP contribution in [0.5, 0.6) is 5.75 Å². The summed E-state index contributed by atoms with van der Waals surface area (Å²) in [6.45, 7) is 0.426. The van der Waals surface area contributed by atoms with Crippen molar-refractivity contribution < 1.29 is 13.5 Å². The quantitative estimate of drug-likeness (QED) is 0.835. The molecule has 0 unspecified atom stereocenters. The Bertz CT molecular complexity index is 306. The van der Waals surface area contributed by atoms with E-state index in [1.165, 1.54) is 0 Å². The zero-order valence-corrected chi connectivity index (χ0v) is 8.27. The molecule has 0 saturated carbocycles. The summed E-state index contributed by atoms with van der Waals surface area (Å²) in [5, 5.41) is 0. The molecule has 2 nitrogen and oxygen atoms in total. The molecule has 13 heavy (non-hydrogen) atoms. The molecule has 0 aliphatic carbocycles. The van der Waals surface area contributed by atoms with Crippen LogP contribution in [0.15, 0.2) is 16.6 Å². The molecule has 1 rings (SSSR count). The van der Waals surface area contributed by atoms with Gasteiger partial charge in [0.1, 0.15) is 12.4 Å². The molecule has 0 aliphatic heterocycles. The van der Waals surface area contributed by atoms with E-state index in [-0.39, 0.29) is 23.4 Å². The first-order valence-electron chi connectivity index (χ1n) is 3.62. The van der Waals surface area contributed by atoms with Crippen molar-refractivity contribution in [3.63, 3.8) is 0 Å². The topological polar surface area (TPSA) is 35.2 Å². The smallest absolute Gasteiger partial charge is 0.166 e. The van der Waals surface area contributed by atoms with Gasteiger partial charge in [-0.1, -0.05) is 0 Å². The summed E-state index contributed by atoms with van der Waals surface area (Å²) in [4.78, 5) is 0. The first kappa shape index (κ1) is 10.4. The molecule has 0 aliphatic rings. The predicted octanol–water partition coefficient (Wildman–Crippen LogP) is 2.06. The SMILES string of the molecule is NCCOc1cc(F)c(Br)cc1F. The molecule has 2 N–H and O–H groups in total. The highest BCUT2D eigenvalue weighted by Crippen LogP contribution is 2.24. The molecule has 0 bridgehead atoms. The van der Waals surface area contributed by atoms with Crippen molar-refractivity contribution in [1.82, 2.24) is 0 Å². The molecule has 1 aromatic carbocycles. The van der Waals surface area contributed by atoms with E-state index < -0.39 is 11.6 Å². The fraction of sp³-hybridized carbons (Fsp3) is 0.250. The van der Waals surface area contributed by atoms with Gasteiger partial charge in [0.05, 0.1) is 4.47 Å². The van der Waals surface area contributed by atoms with Crippen LogP contribution < -0.4 is 10.5 Å². The summed E-state index contributed by atoms with van der Waals surface area (Å²) in [7, 11) is 0. The van der Waals surface area contributed by atoms with E-state index in [0.717, 1.165) is 12.1 Å². The lowest BCUT2D eigenvalue weighted by atomic mass is 10.3. The highest BCUT2D eigenvalue weighted by Gasteiger charge is 2.08. The first-order valence-corrected chi connectivity index (χ1v) is 4.42. The van der Waals surface area contributed by atoms with Crippen LogP contribution in [0.4, 0.5) is 8.78 Å². The first-order chi connectivity index (χ1) is 6.15. The van der Waals surface area contributed by atoms with Crippen molar-refractivity contribution in [3.05, 3.63) is 28.2 Å². The second-order valence-corrected chi connectivity index (χ2v) is 3.19. The number of halogens is 3. The largest absolute Gasteiger partial charge is 0.489 e. The third-order valence-electron chi connectivity index (χ3n) is 1.35. The molecule has 1 aromatic rings. The molecule has 0 saturated heterocycles. The van der Waals surface area contributed by atoms with Gasteiger partial charge in [0.2, 0.25) is 0 Å². The lowest BCUT2D eigenvalue weighted by Crippen LogP contribution is -2.11. The summed E-state index contributed by atoms with van der Waals surface area (Å²) < 4.78 is 30.8. The molecule has 0 heterocycles. The number of rotatable bonds is 3. The summed E-state index contributed by atoms with van der Waals surface area (Å²) in [6, 6.07) is 2.00. The maximum Gasteiger partial charge on any atom is 0.166 e. The maximum atomic E-state index is 13.0. The van der Waals surface area contributed by atoms with Crippen LogP contribution in [0.3, 0.4) is 0 Å². The Balaban J connectivity index is 2.88. The van der Waals surface area contributed by atoms with E-state index in [0.29, 0.717) is 0 Å². The van der Waals surface area contributed by atoms with Gasteiger partial charge in [-0.05, 0) is 22.0 Å². The van der Waals surface area contributed by atoms with Crippen molar-refractivity contribution in [2.24, 2.45) is 5.73 Å². The van der Waals surface area contributed by atoms with Gasteiger partial charge in [-0.25, -0.2) is 8.78 Å². The van der Waals surface area contributed by atoms with Crippen molar-refractivity contribution >= 4 is 15.9 Å². The fourth-order valence-corrected chi connectivity index (χ4v) is 1.10. The van der Waals surface area contributed by atoms with Gasteiger partial charge >= 0.3 is 0 Å². The maximum absolute atomic E-state index is 13.0. The van der Waals surface area contributed by atoms with Gasteiger partial charge < -0.3 is 10.5 Å². The Hall–Kier alpha value is -0.680. The Morgan fingerprint density at radius 1 is 1.31 bits per heavy atom. The predicted molar refractivity (Wildman–Crippen MR) is 48.6 cm³/mol. The molecule has 0 amide bonds. The molecule has 5 heteroatoms. The molecule has 0 fully saturated rings. The van der Waals surface area contributed by atoms with Gasteiger partial charge in [0.15, 0.2) is 11.6 Å². The third-order valence-corrected chi connectivity index (χ3v) is 1.96. The van der Waals surface area contributed by atoms with Crippen molar-refractivity contribution in [3.8, 4) is 5.75 Å².